The molecule has 2 heterocycles. The third-order valence-electron chi connectivity index (χ3n) is 4.54. The first-order valence-electron chi connectivity index (χ1n) is 8.47. The van der Waals surface area contributed by atoms with Crippen molar-refractivity contribution < 1.29 is 9.53 Å². The lowest BCUT2D eigenvalue weighted by molar-refractivity contribution is -0.128. The first-order valence-corrected chi connectivity index (χ1v) is 8.47. The monoisotopic (exact) mass is 426 g/mol. The lowest BCUT2D eigenvalue weighted by Gasteiger charge is -2.36. The first kappa shape index (κ1) is 25.2. The van der Waals surface area contributed by atoms with Crippen LogP contribution in [-0.2, 0) is 9.53 Å². The molecule has 2 fully saturated rings. The molecule has 2 aliphatic heterocycles. The third kappa shape index (κ3) is 6.44. The summed E-state index contributed by atoms with van der Waals surface area (Å²) in [6.45, 7) is 9.36. The topological polar surface area (TPSA) is 56.8 Å². The Bertz CT molecular complexity index is 536. The predicted molar refractivity (Wildman–Crippen MR) is 114 cm³/mol. The molecule has 0 bridgehead atoms. The van der Waals surface area contributed by atoms with E-state index in [9.17, 15) is 4.79 Å². The van der Waals surface area contributed by atoms with Gasteiger partial charge in [0.1, 0.15) is 6.10 Å². The fourth-order valence-electron chi connectivity index (χ4n) is 3.11. The van der Waals surface area contributed by atoms with Crippen LogP contribution >= 0.6 is 37.2 Å². The minimum Gasteiger partial charge on any atom is -0.367 e. The van der Waals surface area contributed by atoms with Crippen molar-refractivity contribution in [2.24, 2.45) is 0 Å². The maximum Gasteiger partial charge on any atom is 0.254 e. The van der Waals surface area contributed by atoms with Crippen LogP contribution in [0.5, 0.6) is 0 Å². The Labute approximate surface area is 174 Å². The standard InChI is InChI=1S/C17H26N4O2.3ClH/c1-2-20-8-10-21(11-9-20)15-6-4-3-5-14(15)19-17(22)16-13-18-7-12-23-16;;;/h3-6,16,18H,2,7-13H2,1H3,(H,19,22);3*1H. The molecular weight excluding hydrogens is 399 g/mol. The maximum absolute atomic E-state index is 12.4. The van der Waals surface area contributed by atoms with E-state index in [-0.39, 0.29) is 43.1 Å². The number of rotatable bonds is 4. The minimum atomic E-state index is -0.409. The van der Waals surface area contributed by atoms with Crippen molar-refractivity contribution in [2.75, 3.05) is 62.6 Å². The minimum absolute atomic E-state index is 0. The number of hydrogen-bond donors (Lipinski definition) is 2. The number of nitrogens with zero attached hydrogens (tertiary/aromatic N) is 2. The van der Waals surface area contributed by atoms with Gasteiger partial charge in [0.05, 0.1) is 18.0 Å². The van der Waals surface area contributed by atoms with E-state index in [2.05, 4.69) is 33.4 Å². The first-order chi connectivity index (χ1) is 11.3. The Morgan fingerprint density at radius 1 is 1.19 bits per heavy atom. The summed E-state index contributed by atoms with van der Waals surface area (Å²) in [5, 5.41) is 6.23. The van der Waals surface area contributed by atoms with Gasteiger partial charge in [-0.3, -0.25) is 4.79 Å². The van der Waals surface area contributed by atoms with E-state index in [1.165, 1.54) is 0 Å². The molecule has 0 aromatic heterocycles. The van der Waals surface area contributed by atoms with Gasteiger partial charge in [-0.25, -0.2) is 0 Å². The number of anilines is 2. The van der Waals surface area contributed by atoms with E-state index in [1.807, 2.05) is 18.2 Å². The van der Waals surface area contributed by atoms with Crippen LogP contribution in [0.25, 0.3) is 0 Å². The summed E-state index contributed by atoms with van der Waals surface area (Å²) in [4.78, 5) is 17.2. The molecule has 2 N–H and O–H groups in total. The van der Waals surface area contributed by atoms with Gasteiger partial charge in [0.25, 0.3) is 5.91 Å². The molecule has 2 saturated heterocycles. The number of halogens is 3. The van der Waals surface area contributed by atoms with Crippen LogP contribution < -0.4 is 15.5 Å². The smallest absolute Gasteiger partial charge is 0.254 e. The number of ether oxygens (including phenoxy) is 1. The summed E-state index contributed by atoms with van der Waals surface area (Å²) < 4.78 is 5.53. The van der Waals surface area contributed by atoms with Gasteiger partial charge in [0, 0.05) is 39.3 Å². The zero-order chi connectivity index (χ0) is 16.1. The summed E-state index contributed by atoms with van der Waals surface area (Å²) in [6, 6.07) is 8.03. The maximum atomic E-state index is 12.4. The molecule has 9 heteroatoms. The van der Waals surface area contributed by atoms with Crippen molar-refractivity contribution in [1.29, 1.82) is 0 Å². The van der Waals surface area contributed by atoms with Gasteiger partial charge in [-0.1, -0.05) is 19.1 Å². The van der Waals surface area contributed by atoms with Crippen molar-refractivity contribution in [1.82, 2.24) is 10.2 Å². The van der Waals surface area contributed by atoms with Crippen LogP contribution in [0.4, 0.5) is 11.4 Å². The highest BCUT2D eigenvalue weighted by Gasteiger charge is 2.24. The Hall–Kier alpha value is -0.760. The van der Waals surface area contributed by atoms with Gasteiger partial charge in [-0.05, 0) is 18.7 Å². The molecule has 150 valence electrons. The molecule has 0 spiro atoms. The molecule has 26 heavy (non-hydrogen) atoms. The summed E-state index contributed by atoms with van der Waals surface area (Å²) in [5.41, 5.74) is 1.97. The summed E-state index contributed by atoms with van der Waals surface area (Å²) in [5.74, 6) is -0.0724. The molecule has 0 aliphatic carbocycles. The fourth-order valence-corrected chi connectivity index (χ4v) is 3.11. The van der Waals surface area contributed by atoms with Crippen molar-refractivity contribution in [2.45, 2.75) is 13.0 Å². The SMILES string of the molecule is CCN1CCN(c2ccccc2NC(=O)C2CNCCO2)CC1.Cl.Cl.Cl. The van der Waals surface area contributed by atoms with Gasteiger partial charge in [-0.15, -0.1) is 37.2 Å². The average Bonchev–Trinajstić information content (AvgIpc) is 2.63. The van der Waals surface area contributed by atoms with Gasteiger partial charge in [-0.2, -0.15) is 0 Å². The number of piperazine rings is 1. The van der Waals surface area contributed by atoms with Crippen molar-refractivity contribution >= 4 is 54.5 Å². The Balaban J connectivity index is 0.00000208. The zero-order valence-electron chi connectivity index (χ0n) is 15.0. The third-order valence-corrected chi connectivity index (χ3v) is 4.54. The van der Waals surface area contributed by atoms with Crippen molar-refractivity contribution in [3.8, 4) is 0 Å². The second kappa shape index (κ2) is 12.6. The predicted octanol–water partition coefficient (Wildman–Crippen LogP) is 2.02. The highest BCUT2D eigenvalue weighted by atomic mass is 35.5. The van der Waals surface area contributed by atoms with E-state index < -0.39 is 6.10 Å². The van der Waals surface area contributed by atoms with Gasteiger partial charge in [0.15, 0.2) is 0 Å². The normalized spacial score (nSPS) is 20.2. The van der Waals surface area contributed by atoms with Crippen LogP contribution in [0.2, 0.25) is 0 Å². The molecule has 1 amide bonds. The largest absolute Gasteiger partial charge is 0.367 e. The summed E-state index contributed by atoms with van der Waals surface area (Å²) >= 11 is 0. The number of morpholine rings is 1. The zero-order valence-corrected chi connectivity index (χ0v) is 17.4. The molecule has 1 unspecified atom stereocenters. The Kier molecular flexibility index (Phi) is 12.2. The van der Waals surface area contributed by atoms with Crippen molar-refractivity contribution in [3.63, 3.8) is 0 Å². The summed E-state index contributed by atoms with van der Waals surface area (Å²) in [6.07, 6.45) is -0.409. The van der Waals surface area contributed by atoms with Gasteiger partial charge < -0.3 is 25.2 Å². The molecule has 6 nitrogen and oxygen atoms in total. The second-order valence-electron chi connectivity index (χ2n) is 5.99. The van der Waals surface area contributed by atoms with E-state index in [1.54, 1.807) is 0 Å². The molecular formula is C17H29Cl3N4O2. The number of nitrogens with one attached hydrogen (secondary N) is 2. The lowest BCUT2D eigenvalue weighted by atomic mass is 10.2. The molecule has 1 atom stereocenters. The molecule has 1 aromatic rings. The van der Waals surface area contributed by atoms with Gasteiger partial charge in [0.2, 0.25) is 0 Å². The van der Waals surface area contributed by atoms with Crippen LogP contribution in [0.3, 0.4) is 0 Å². The Morgan fingerprint density at radius 3 is 2.50 bits per heavy atom. The van der Waals surface area contributed by atoms with Crippen LogP contribution in [0.15, 0.2) is 24.3 Å². The lowest BCUT2D eigenvalue weighted by Crippen LogP contribution is -2.47. The second-order valence-corrected chi connectivity index (χ2v) is 5.99. The number of amides is 1. The molecule has 0 saturated carbocycles. The van der Waals surface area contributed by atoms with E-state index in [0.717, 1.165) is 50.6 Å². The fraction of sp³-hybridized carbons (Fsp3) is 0.588. The van der Waals surface area contributed by atoms with E-state index in [0.29, 0.717) is 13.2 Å². The van der Waals surface area contributed by atoms with Gasteiger partial charge >= 0.3 is 0 Å². The number of carbonyl (C=O) groups excluding carboxylic acids is 1. The quantitative estimate of drug-likeness (QED) is 0.770. The summed E-state index contributed by atoms with van der Waals surface area (Å²) in [7, 11) is 0. The van der Waals surface area contributed by atoms with Crippen LogP contribution in [0, 0.1) is 0 Å². The van der Waals surface area contributed by atoms with Crippen LogP contribution in [-0.4, -0.2) is 69.3 Å². The highest BCUT2D eigenvalue weighted by Crippen LogP contribution is 2.27. The number of para-hydroxylation sites is 2. The molecule has 3 rings (SSSR count). The van der Waals surface area contributed by atoms with E-state index >= 15 is 0 Å². The van der Waals surface area contributed by atoms with Crippen LogP contribution in [0.1, 0.15) is 6.92 Å². The Morgan fingerprint density at radius 2 is 1.88 bits per heavy atom. The number of likely N-dealkylation sites (N-methyl/N-ethyl adjacent to an activating group) is 1. The number of hydrogen-bond acceptors (Lipinski definition) is 5. The van der Waals surface area contributed by atoms with E-state index in [4.69, 9.17) is 4.74 Å². The molecule has 2 aliphatic rings. The molecule has 0 radical (unpaired) electrons. The number of benzene rings is 1. The average molecular weight is 428 g/mol. The number of carbonyl (C=O) groups is 1. The van der Waals surface area contributed by atoms with Crippen molar-refractivity contribution in [3.05, 3.63) is 24.3 Å². The highest BCUT2D eigenvalue weighted by molar-refractivity contribution is 5.97. The molecule has 1 aromatic carbocycles.